The first-order valence-electron chi connectivity index (χ1n) is 7.67. The van der Waals surface area contributed by atoms with Crippen molar-refractivity contribution in [2.75, 3.05) is 6.54 Å². The Balaban J connectivity index is 1.68. The summed E-state index contributed by atoms with van der Waals surface area (Å²) in [5, 5.41) is 3.39. The van der Waals surface area contributed by atoms with Gasteiger partial charge in [-0.3, -0.25) is 9.78 Å². The first kappa shape index (κ1) is 13.6. The van der Waals surface area contributed by atoms with Gasteiger partial charge in [-0.15, -0.1) is 0 Å². The molecule has 1 aromatic rings. The molecule has 1 amide bonds. The second-order valence-electron chi connectivity index (χ2n) is 6.19. The van der Waals surface area contributed by atoms with E-state index in [0.717, 1.165) is 32.4 Å². The fraction of sp³-hybridized carbons (Fsp3) is 0.625. The van der Waals surface area contributed by atoms with Crippen LogP contribution in [0.4, 0.5) is 0 Å². The minimum Gasteiger partial charge on any atom is -0.334 e. The van der Waals surface area contributed by atoms with Crippen LogP contribution in [0.5, 0.6) is 0 Å². The van der Waals surface area contributed by atoms with Gasteiger partial charge in [0.05, 0.1) is 6.04 Å². The summed E-state index contributed by atoms with van der Waals surface area (Å²) in [5.41, 5.74) is 1.17. The molecule has 1 N–H and O–H groups in total. The van der Waals surface area contributed by atoms with E-state index < -0.39 is 0 Å². The van der Waals surface area contributed by atoms with Crippen LogP contribution in [0.1, 0.15) is 38.2 Å². The molecule has 1 saturated heterocycles. The fourth-order valence-corrected chi connectivity index (χ4v) is 2.95. The Morgan fingerprint density at radius 1 is 1.35 bits per heavy atom. The van der Waals surface area contributed by atoms with Gasteiger partial charge in [0.2, 0.25) is 5.91 Å². The maximum atomic E-state index is 12.8. The van der Waals surface area contributed by atoms with Crippen LogP contribution in [0, 0.1) is 5.92 Å². The Kier molecular flexibility index (Phi) is 4.01. The van der Waals surface area contributed by atoms with Crippen molar-refractivity contribution >= 4 is 5.91 Å². The van der Waals surface area contributed by atoms with E-state index in [-0.39, 0.29) is 11.9 Å². The Labute approximate surface area is 120 Å². The summed E-state index contributed by atoms with van der Waals surface area (Å²) in [7, 11) is 0. The summed E-state index contributed by atoms with van der Waals surface area (Å²) in [4.78, 5) is 18.9. The van der Waals surface area contributed by atoms with Crippen LogP contribution in [0.15, 0.2) is 24.5 Å². The van der Waals surface area contributed by atoms with Crippen LogP contribution in [0.2, 0.25) is 0 Å². The third-order valence-electron chi connectivity index (χ3n) is 4.34. The molecule has 2 atom stereocenters. The molecule has 3 rings (SSSR count). The van der Waals surface area contributed by atoms with Crippen LogP contribution in [-0.4, -0.2) is 34.4 Å². The smallest absolute Gasteiger partial charge is 0.240 e. The molecule has 108 valence electrons. The van der Waals surface area contributed by atoms with Crippen LogP contribution >= 0.6 is 0 Å². The normalized spacial score (nSPS) is 26.2. The van der Waals surface area contributed by atoms with E-state index in [1.807, 2.05) is 12.1 Å². The molecule has 1 saturated carbocycles. The average Bonchev–Trinajstić information content (AvgIpc) is 3.30. The van der Waals surface area contributed by atoms with Crippen molar-refractivity contribution < 1.29 is 4.79 Å². The SMILES string of the molecule is CC1CCNC(C(=O)N(Cc2ccncc2)C2CC2)C1. The number of carbonyl (C=O) groups excluding carboxylic acids is 1. The zero-order valence-electron chi connectivity index (χ0n) is 12.1. The van der Waals surface area contributed by atoms with Crippen LogP contribution in [0.3, 0.4) is 0 Å². The summed E-state index contributed by atoms with van der Waals surface area (Å²) in [6, 6.07) is 4.47. The summed E-state index contributed by atoms with van der Waals surface area (Å²) < 4.78 is 0. The molecule has 2 heterocycles. The number of hydrogen-bond acceptors (Lipinski definition) is 3. The molecule has 1 aliphatic heterocycles. The van der Waals surface area contributed by atoms with Crippen molar-refractivity contribution in [3.63, 3.8) is 0 Å². The van der Waals surface area contributed by atoms with Gasteiger partial charge in [0.1, 0.15) is 0 Å². The van der Waals surface area contributed by atoms with Crippen molar-refractivity contribution in [2.45, 2.75) is 51.2 Å². The highest BCUT2D eigenvalue weighted by atomic mass is 16.2. The van der Waals surface area contributed by atoms with Crippen molar-refractivity contribution in [3.8, 4) is 0 Å². The van der Waals surface area contributed by atoms with Crippen molar-refractivity contribution in [1.82, 2.24) is 15.2 Å². The predicted octanol–water partition coefficient (Wildman–Crippen LogP) is 1.96. The quantitative estimate of drug-likeness (QED) is 0.912. The van der Waals surface area contributed by atoms with Crippen LogP contribution < -0.4 is 5.32 Å². The fourth-order valence-electron chi connectivity index (χ4n) is 2.95. The Hall–Kier alpha value is -1.42. The van der Waals surface area contributed by atoms with Gasteiger partial charge < -0.3 is 10.2 Å². The van der Waals surface area contributed by atoms with Gasteiger partial charge >= 0.3 is 0 Å². The molecule has 0 spiro atoms. The maximum Gasteiger partial charge on any atom is 0.240 e. The lowest BCUT2D eigenvalue weighted by atomic mass is 9.93. The molecule has 20 heavy (non-hydrogen) atoms. The van der Waals surface area contributed by atoms with E-state index in [2.05, 4.69) is 22.1 Å². The molecular weight excluding hydrogens is 250 g/mol. The molecule has 0 aromatic carbocycles. The lowest BCUT2D eigenvalue weighted by Crippen LogP contribution is -2.50. The number of carbonyl (C=O) groups is 1. The maximum absolute atomic E-state index is 12.8. The summed E-state index contributed by atoms with van der Waals surface area (Å²) in [6.45, 7) is 3.93. The van der Waals surface area contributed by atoms with Gasteiger partial charge in [-0.2, -0.15) is 0 Å². The van der Waals surface area contributed by atoms with Gasteiger partial charge in [-0.1, -0.05) is 6.92 Å². The third kappa shape index (κ3) is 3.18. The van der Waals surface area contributed by atoms with Crippen LogP contribution in [0.25, 0.3) is 0 Å². The molecule has 1 aromatic heterocycles. The first-order chi connectivity index (χ1) is 9.74. The average molecular weight is 273 g/mol. The number of hydrogen-bond donors (Lipinski definition) is 1. The molecule has 1 aliphatic carbocycles. The van der Waals surface area contributed by atoms with Gasteiger partial charge in [-0.25, -0.2) is 0 Å². The standard InChI is InChI=1S/C16H23N3O/c1-12-4-9-18-15(10-12)16(20)19(14-2-3-14)11-13-5-7-17-8-6-13/h5-8,12,14-15,18H,2-4,9-11H2,1H3. The predicted molar refractivity (Wildman–Crippen MR) is 78.0 cm³/mol. The van der Waals surface area contributed by atoms with Gasteiger partial charge in [0, 0.05) is 25.0 Å². The molecule has 2 aliphatic rings. The number of aromatic nitrogens is 1. The largest absolute Gasteiger partial charge is 0.334 e. The molecule has 4 nitrogen and oxygen atoms in total. The minimum absolute atomic E-state index is 0.0150. The van der Waals surface area contributed by atoms with Crippen molar-refractivity contribution in [2.24, 2.45) is 5.92 Å². The lowest BCUT2D eigenvalue weighted by Gasteiger charge is -2.32. The van der Waals surface area contributed by atoms with Gasteiger partial charge in [0.25, 0.3) is 0 Å². The molecule has 4 heteroatoms. The van der Waals surface area contributed by atoms with Crippen molar-refractivity contribution in [3.05, 3.63) is 30.1 Å². The molecular formula is C16H23N3O. The van der Waals surface area contributed by atoms with E-state index >= 15 is 0 Å². The van der Waals surface area contributed by atoms with E-state index in [0.29, 0.717) is 12.0 Å². The first-order valence-corrected chi connectivity index (χ1v) is 7.67. The number of amides is 1. The van der Waals surface area contributed by atoms with E-state index in [4.69, 9.17) is 0 Å². The number of nitrogens with zero attached hydrogens (tertiary/aromatic N) is 2. The molecule has 0 radical (unpaired) electrons. The molecule has 2 fully saturated rings. The van der Waals surface area contributed by atoms with Crippen molar-refractivity contribution in [1.29, 1.82) is 0 Å². The van der Waals surface area contributed by atoms with Crippen LogP contribution in [-0.2, 0) is 11.3 Å². The lowest BCUT2D eigenvalue weighted by molar-refractivity contribution is -0.135. The highest BCUT2D eigenvalue weighted by Gasteiger charge is 2.36. The second kappa shape index (κ2) is 5.92. The zero-order valence-corrected chi connectivity index (χ0v) is 12.1. The van der Waals surface area contributed by atoms with E-state index in [9.17, 15) is 4.79 Å². The topological polar surface area (TPSA) is 45.2 Å². The zero-order chi connectivity index (χ0) is 13.9. The minimum atomic E-state index is 0.0150. The Morgan fingerprint density at radius 3 is 2.75 bits per heavy atom. The number of nitrogens with one attached hydrogen (secondary N) is 1. The summed E-state index contributed by atoms with van der Waals surface area (Å²) in [5.74, 6) is 0.933. The van der Waals surface area contributed by atoms with Gasteiger partial charge in [-0.05, 0) is 55.8 Å². The van der Waals surface area contributed by atoms with Gasteiger partial charge in [0.15, 0.2) is 0 Å². The summed E-state index contributed by atoms with van der Waals surface area (Å²) in [6.07, 6.45) is 8.05. The van der Waals surface area contributed by atoms with E-state index in [1.165, 1.54) is 12.0 Å². The van der Waals surface area contributed by atoms with E-state index in [1.54, 1.807) is 12.4 Å². The highest BCUT2D eigenvalue weighted by molar-refractivity contribution is 5.82. The second-order valence-corrected chi connectivity index (χ2v) is 6.19. The molecule has 2 unspecified atom stereocenters. The Morgan fingerprint density at radius 2 is 2.10 bits per heavy atom. The third-order valence-corrected chi connectivity index (χ3v) is 4.34. The number of pyridine rings is 1. The number of rotatable bonds is 4. The Bertz CT molecular complexity index is 458. The monoisotopic (exact) mass is 273 g/mol. The highest BCUT2D eigenvalue weighted by Crippen LogP contribution is 2.30. The molecule has 0 bridgehead atoms. The summed E-state index contributed by atoms with van der Waals surface area (Å²) >= 11 is 0. The number of piperidine rings is 1.